The number of pyridine rings is 2. The molecule has 0 radical (unpaired) electrons. The molecule has 0 bridgehead atoms. The van der Waals surface area contributed by atoms with Crippen LogP contribution >= 0.6 is 11.8 Å². The van der Waals surface area contributed by atoms with Gasteiger partial charge in [-0.3, -0.25) is 9.97 Å². The number of nitrogens with zero attached hydrogens (tertiary/aromatic N) is 3. The third kappa shape index (κ3) is 2.64. The zero-order valence-corrected chi connectivity index (χ0v) is 21.7. The molecule has 4 heteroatoms. The minimum Gasteiger partial charge on any atom is -0.309 e. The summed E-state index contributed by atoms with van der Waals surface area (Å²) in [5, 5.41) is 2.54. The Morgan fingerprint density at radius 2 is 1.08 bits per heavy atom. The van der Waals surface area contributed by atoms with Gasteiger partial charge in [-0.1, -0.05) is 78.5 Å². The van der Waals surface area contributed by atoms with Gasteiger partial charge < -0.3 is 4.57 Å². The second-order valence-corrected chi connectivity index (χ2v) is 11.3. The molecule has 182 valence electrons. The van der Waals surface area contributed by atoms with Gasteiger partial charge in [-0.25, -0.2) is 0 Å². The lowest BCUT2D eigenvalue weighted by atomic mass is 9.67. The molecule has 2 aliphatic rings. The average Bonchev–Trinajstić information content (AvgIpc) is 3.49. The van der Waals surface area contributed by atoms with Crippen LogP contribution in [0, 0.1) is 0 Å². The summed E-state index contributed by atoms with van der Waals surface area (Å²) in [6.45, 7) is 0. The number of benzene rings is 4. The predicted molar refractivity (Wildman–Crippen MR) is 158 cm³/mol. The maximum Gasteiger partial charge on any atom is 0.0937 e. The van der Waals surface area contributed by atoms with E-state index in [1.807, 2.05) is 24.2 Å². The van der Waals surface area contributed by atoms with E-state index in [-0.39, 0.29) is 0 Å². The summed E-state index contributed by atoms with van der Waals surface area (Å²) in [5.74, 6) is 0. The molecule has 4 heterocycles. The molecule has 3 aromatic heterocycles. The Balaban J connectivity index is 1.43. The van der Waals surface area contributed by atoms with Crippen LogP contribution in [0.1, 0.15) is 22.3 Å². The van der Waals surface area contributed by atoms with Gasteiger partial charge in [0.25, 0.3) is 0 Å². The third-order valence-electron chi connectivity index (χ3n) is 8.36. The standard InChI is InChI=1S/C35H21N3S/c1-4-14-29-23(9-1)24-10-2-5-15-30(24)38(29)22-17-18-32-28(21-22)35(25-11-3-6-16-31(25)39-32)26-12-7-19-36-33(26)34-27(35)13-8-20-37-34/h1-21H. The zero-order valence-electron chi connectivity index (χ0n) is 20.9. The van der Waals surface area contributed by atoms with Gasteiger partial charge in [0, 0.05) is 38.6 Å². The van der Waals surface area contributed by atoms with Crippen molar-refractivity contribution in [2.75, 3.05) is 0 Å². The lowest BCUT2D eigenvalue weighted by Crippen LogP contribution is -2.32. The van der Waals surface area contributed by atoms with Gasteiger partial charge in [0.1, 0.15) is 0 Å². The second-order valence-electron chi connectivity index (χ2n) is 10.2. The quantitative estimate of drug-likeness (QED) is 0.220. The van der Waals surface area contributed by atoms with Gasteiger partial charge in [0.15, 0.2) is 0 Å². The highest BCUT2D eigenvalue weighted by Gasteiger charge is 2.51. The third-order valence-corrected chi connectivity index (χ3v) is 9.52. The van der Waals surface area contributed by atoms with Gasteiger partial charge in [-0.15, -0.1) is 0 Å². The summed E-state index contributed by atoms with van der Waals surface area (Å²) >= 11 is 1.86. The number of hydrogen-bond acceptors (Lipinski definition) is 3. The normalized spacial score (nSPS) is 14.3. The molecule has 0 atom stereocenters. The summed E-state index contributed by atoms with van der Waals surface area (Å²) < 4.78 is 2.41. The maximum atomic E-state index is 4.88. The highest BCUT2D eigenvalue weighted by atomic mass is 32.2. The van der Waals surface area contributed by atoms with Crippen LogP contribution < -0.4 is 0 Å². The molecule has 1 spiro atoms. The van der Waals surface area contributed by atoms with E-state index in [4.69, 9.17) is 9.97 Å². The van der Waals surface area contributed by atoms with Gasteiger partial charge >= 0.3 is 0 Å². The highest BCUT2D eigenvalue weighted by Crippen LogP contribution is 2.61. The molecule has 1 aliphatic heterocycles. The van der Waals surface area contributed by atoms with Crippen molar-refractivity contribution in [1.82, 2.24) is 14.5 Å². The van der Waals surface area contributed by atoms with Crippen LogP contribution in [-0.4, -0.2) is 14.5 Å². The SMILES string of the molecule is c1ccc2c(c1)Sc1ccc(-n3c4ccccc4c4ccccc43)cc1C21c2cccnc2-c2ncccc21. The zero-order chi connectivity index (χ0) is 25.6. The summed E-state index contributed by atoms with van der Waals surface area (Å²) in [6.07, 6.45) is 3.77. The van der Waals surface area contributed by atoms with Gasteiger partial charge in [-0.2, -0.15) is 0 Å². The summed E-state index contributed by atoms with van der Waals surface area (Å²) in [6, 6.07) is 41.8. The van der Waals surface area contributed by atoms with E-state index in [0.717, 1.165) is 17.1 Å². The lowest BCUT2D eigenvalue weighted by molar-refractivity contribution is 0.718. The minimum absolute atomic E-state index is 0.487. The molecular formula is C35H21N3S. The highest BCUT2D eigenvalue weighted by molar-refractivity contribution is 7.99. The number of fused-ring (bicyclic) bond motifs is 12. The Morgan fingerprint density at radius 3 is 1.77 bits per heavy atom. The lowest BCUT2D eigenvalue weighted by Gasteiger charge is -2.39. The fourth-order valence-electron chi connectivity index (χ4n) is 6.89. The molecule has 39 heavy (non-hydrogen) atoms. The molecule has 7 aromatic rings. The first kappa shape index (κ1) is 21.3. The first-order chi connectivity index (χ1) is 19.4. The van der Waals surface area contributed by atoms with E-state index < -0.39 is 5.41 Å². The van der Waals surface area contributed by atoms with Crippen molar-refractivity contribution in [1.29, 1.82) is 0 Å². The van der Waals surface area contributed by atoms with Gasteiger partial charge in [-0.05, 0) is 70.8 Å². The Labute approximate surface area is 229 Å². The summed E-state index contributed by atoms with van der Waals surface area (Å²) in [7, 11) is 0. The average molecular weight is 516 g/mol. The van der Waals surface area contributed by atoms with Crippen LogP contribution in [0.15, 0.2) is 137 Å². The van der Waals surface area contributed by atoms with Crippen molar-refractivity contribution in [3.05, 3.63) is 150 Å². The summed E-state index contributed by atoms with van der Waals surface area (Å²) in [4.78, 5) is 12.3. The molecule has 0 unspecified atom stereocenters. The molecule has 4 aromatic carbocycles. The van der Waals surface area contributed by atoms with E-state index in [2.05, 4.69) is 120 Å². The fourth-order valence-corrected chi connectivity index (χ4v) is 8.06. The maximum absolute atomic E-state index is 4.88. The van der Waals surface area contributed by atoms with E-state index in [9.17, 15) is 0 Å². The Bertz CT molecular complexity index is 2020. The number of para-hydroxylation sites is 2. The fraction of sp³-hybridized carbons (Fsp3) is 0.0286. The first-order valence-electron chi connectivity index (χ1n) is 13.2. The van der Waals surface area contributed by atoms with E-state index in [1.165, 1.54) is 53.9 Å². The topological polar surface area (TPSA) is 30.7 Å². The van der Waals surface area contributed by atoms with Crippen LogP contribution in [0.4, 0.5) is 0 Å². The molecule has 0 N–H and O–H groups in total. The monoisotopic (exact) mass is 515 g/mol. The van der Waals surface area contributed by atoms with Crippen LogP contribution in [0.2, 0.25) is 0 Å². The Morgan fingerprint density at radius 1 is 0.513 bits per heavy atom. The first-order valence-corrected chi connectivity index (χ1v) is 14.0. The van der Waals surface area contributed by atoms with Crippen molar-refractivity contribution < 1.29 is 0 Å². The Kier molecular flexibility index (Phi) is 4.19. The Hall–Kier alpha value is -4.67. The van der Waals surface area contributed by atoms with Gasteiger partial charge in [0.2, 0.25) is 0 Å². The smallest absolute Gasteiger partial charge is 0.0937 e. The minimum atomic E-state index is -0.487. The molecule has 0 saturated carbocycles. The largest absolute Gasteiger partial charge is 0.309 e. The molecule has 9 rings (SSSR count). The van der Waals surface area contributed by atoms with Crippen LogP contribution in [-0.2, 0) is 5.41 Å². The predicted octanol–water partition coefficient (Wildman–Crippen LogP) is 8.40. The molecule has 0 saturated heterocycles. The number of rotatable bonds is 1. The van der Waals surface area contributed by atoms with Crippen molar-refractivity contribution >= 4 is 33.6 Å². The van der Waals surface area contributed by atoms with Crippen molar-refractivity contribution in [2.45, 2.75) is 15.2 Å². The van der Waals surface area contributed by atoms with Crippen LogP contribution in [0.5, 0.6) is 0 Å². The molecular weight excluding hydrogens is 494 g/mol. The van der Waals surface area contributed by atoms with E-state index in [0.29, 0.717) is 0 Å². The van der Waals surface area contributed by atoms with E-state index >= 15 is 0 Å². The van der Waals surface area contributed by atoms with Crippen LogP contribution in [0.3, 0.4) is 0 Å². The van der Waals surface area contributed by atoms with Crippen molar-refractivity contribution in [3.8, 4) is 17.1 Å². The number of hydrogen-bond donors (Lipinski definition) is 0. The van der Waals surface area contributed by atoms with E-state index in [1.54, 1.807) is 0 Å². The molecule has 0 fully saturated rings. The van der Waals surface area contributed by atoms with Crippen molar-refractivity contribution in [2.24, 2.45) is 0 Å². The van der Waals surface area contributed by atoms with Crippen LogP contribution in [0.25, 0.3) is 38.9 Å². The summed E-state index contributed by atoms with van der Waals surface area (Å²) in [5.41, 5.74) is 10.0. The molecule has 3 nitrogen and oxygen atoms in total. The van der Waals surface area contributed by atoms with Crippen molar-refractivity contribution in [3.63, 3.8) is 0 Å². The molecule has 0 amide bonds. The molecule has 1 aliphatic carbocycles. The van der Waals surface area contributed by atoms with Gasteiger partial charge in [0.05, 0.1) is 27.8 Å². The number of aromatic nitrogens is 3. The second kappa shape index (κ2) is 7.68.